The summed E-state index contributed by atoms with van der Waals surface area (Å²) >= 11 is 0. The molecule has 2 aliphatic carbocycles. The van der Waals surface area contributed by atoms with Gasteiger partial charge in [-0.3, -0.25) is 0 Å². The van der Waals surface area contributed by atoms with Crippen LogP contribution in [0.2, 0.25) is 0 Å². The normalized spacial score (nSPS) is 32.9. The van der Waals surface area contributed by atoms with Gasteiger partial charge in [0.05, 0.1) is 0 Å². The Morgan fingerprint density at radius 3 is 2.80 bits per heavy atom. The maximum Gasteiger partial charge on any atom is 0.119 e. The molecule has 0 saturated heterocycles. The quantitative estimate of drug-likeness (QED) is 0.665. The predicted octanol–water partition coefficient (Wildman–Crippen LogP) is 3.42. The first-order valence-electron chi connectivity index (χ1n) is 5.82. The molecule has 0 spiro atoms. The molecular weight excluding hydrogens is 184 g/mol. The first kappa shape index (κ1) is 9.02. The van der Waals surface area contributed by atoms with Crippen LogP contribution in [0.15, 0.2) is 42.5 Å². The molecule has 15 heavy (non-hydrogen) atoms. The van der Waals surface area contributed by atoms with E-state index in [4.69, 9.17) is 4.74 Å². The predicted molar refractivity (Wildman–Crippen MR) is 60.8 cm³/mol. The van der Waals surface area contributed by atoms with Crippen LogP contribution in [-0.4, -0.2) is 6.10 Å². The van der Waals surface area contributed by atoms with Gasteiger partial charge in [0.15, 0.2) is 0 Å². The summed E-state index contributed by atoms with van der Waals surface area (Å²) in [7, 11) is 0. The summed E-state index contributed by atoms with van der Waals surface area (Å²) in [5.41, 5.74) is 0. The lowest BCUT2D eigenvalue weighted by atomic mass is 9.66. The molecular formula is C14H16O. The van der Waals surface area contributed by atoms with Crippen molar-refractivity contribution >= 4 is 0 Å². The van der Waals surface area contributed by atoms with E-state index in [1.54, 1.807) is 0 Å². The van der Waals surface area contributed by atoms with Gasteiger partial charge in [-0.25, -0.2) is 0 Å². The average molecular weight is 200 g/mol. The third kappa shape index (κ3) is 1.67. The molecule has 1 saturated carbocycles. The van der Waals surface area contributed by atoms with Gasteiger partial charge in [0.1, 0.15) is 11.9 Å². The topological polar surface area (TPSA) is 9.23 Å². The summed E-state index contributed by atoms with van der Waals surface area (Å²) in [6.45, 7) is 0. The Bertz CT molecular complexity index is 355. The van der Waals surface area contributed by atoms with Crippen LogP contribution in [0.1, 0.15) is 19.3 Å². The van der Waals surface area contributed by atoms with Gasteiger partial charge in [-0.1, -0.05) is 30.4 Å². The molecule has 1 heteroatoms. The van der Waals surface area contributed by atoms with Crippen molar-refractivity contribution < 1.29 is 4.74 Å². The van der Waals surface area contributed by atoms with Crippen LogP contribution in [0.5, 0.6) is 5.75 Å². The summed E-state index contributed by atoms with van der Waals surface area (Å²) < 4.78 is 5.97. The maximum absolute atomic E-state index is 5.97. The molecule has 0 unspecified atom stereocenters. The van der Waals surface area contributed by atoms with Gasteiger partial charge in [-0.15, -0.1) is 0 Å². The van der Waals surface area contributed by atoms with E-state index in [2.05, 4.69) is 12.2 Å². The van der Waals surface area contributed by atoms with Crippen molar-refractivity contribution in [3.8, 4) is 5.75 Å². The van der Waals surface area contributed by atoms with E-state index in [1.807, 2.05) is 30.3 Å². The van der Waals surface area contributed by atoms with Crippen molar-refractivity contribution in [2.75, 3.05) is 0 Å². The fourth-order valence-corrected chi connectivity index (χ4v) is 2.68. The Hall–Kier alpha value is -1.24. The summed E-state index contributed by atoms with van der Waals surface area (Å²) in [6, 6.07) is 10.2. The molecule has 1 fully saturated rings. The molecule has 78 valence electrons. The number of para-hydroxylation sites is 1. The van der Waals surface area contributed by atoms with Gasteiger partial charge in [0.25, 0.3) is 0 Å². The molecule has 0 heterocycles. The highest BCUT2D eigenvalue weighted by molar-refractivity contribution is 5.22. The minimum atomic E-state index is 0.425. The smallest absolute Gasteiger partial charge is 0.119 e. The van der Waals surface area contributed by atoms with Crippen molar-refractivity contribution in [3.63, 3.8) is 0 Å². The molecule has 3 atom stereocenters. The number of fused-ring (bicyclic) bond motifs is 1. The first-order valence-corrected chi connectivity index (χ1v) is 5.82. The van der Waals surface area contributed by atoms with Gasteiger partial charge >= 0.3 is 0 Å². The van der Waals surface area contributed by atoms with E-state index in [0.29, 0.717) is 12.0 Å². The van der Waals surface area contributed by atoms with Gasteiger partial charge in [0.2, 0.25) is 0 Å². The number of rotatable bonds is 2. The van der Waals surface area contributed by atoms with Crippen LogP contribution in [0.25, 0.3) is 0 Å². The lowest BCUT2D eigenvalue weighted by molar-refractivity contribution is 0.00600. The fraction of sp³-hybridized carbons (Fsp3) is 0.429. The van der Waals surface area contributed by atoms with Crippen LogP contribution in [0, 0.1) is 11.8 Å². The van der Waals surface area contributed by atoms with E-state index in [-0.39, 0.29) is 0 Å². The SMILES string of the molecule is C1=C[C@@H]2[C@H](CC1)C[C@H]2Oc1ccccc1. The average Bonchev–Trinajstić information content (AvgIpc) is 2.27. The molecule has 0 aromatic heterocycles. The van der Waals surface area contributed by atoms with Crippen LogP contribution in [0.3, 0.4) is 0 Å². The monoisotopic (exact) mass is 200 g/mol. The second kappa shape index (κ2) is 3.73. The van der Waals surface area contributed by atoms with E-state index in [0.717, 1.165) is 11.7 Å². The van der Waals surface area contributed by atoms with Crippen LogP contribution >= 0.6 is 0 Å². The summed E-state index contributed by atoms with van der Waals surface area (Å²) in [5, 5.41) is 0. The Morgan fingerprint density at radius 1 is 1.13 bits per heavy atom. The number of allylic oxidation sites excluding steroid dienone is 1. The third-order valence-electron chi connectivity index (χ3n) is 3.60. The molecule has 3 rings (SSSR count). The van der Waals surface area contributed by atoms with Gasteiger partial charge in [-0.05, 0) is 37.3 Å². The first-order chi connectivity index (χ1) is 7.43. The molecule has 2 aliphatic rings. The number of hydrogen-bond acceptors (Lipinski definition) is 1. The largest absolute Gasteiger partial charge is 0.490 e. The molecule has 1 nitrogen and oxygen atoms in total. The van der Waals surface area contributed by atoms with E-state index >= 15 is 0 Å². The van der Waals surface area contributed by atoms with Gasteiger partial charge in [-0.2, -0.15) is 0 Å². The number of hydrogen-bond donors (Lipinski definition) is 0. The van der Waals surface area contributed by atoms with E-state index in [1.165, 1.54) is 19.3 Å². The third-order valence-corrected chi connectivity index (χ3v) is 3.60. The zero-order chi connectivity index (χ0) is 10.1. The summed E-state index contributed by atoms with van der Waals surface area (Å²) in [4.78, 5) is 0. The summed E-state index contributed by atoms with van der Waals surface area (Å²) in [6.07, 6.45) is 8.94. The van der Waals surface area contributed by atoms with Gasteiger partial charge < -0.3 is 4.74 Å². The van der Waals surface area contributed by atoms with Crippen molar-refractivity contribution in [3.05, 3.63) is 42.5 Å². The van der Waals surface area contributed by atoms with Crippen LogP contribution < -0.4 is 4.74 Å². The second-order valence-electron chi connectivity index (χ2n) is 4.55. The maximum atomic E-state index is 5.97. The minimum absolute atomic E-state index is 0.425. The lowest BCUT2D eigenvalue weighted by Gasteiger charge is -2.44. The Balaban J connectivity index is 1.66. The number of benzene rings is 1. The molecule has 0 amide bonds. The standard InChI is InChI=1S/C14H16O/c1-2-7-12(8-3-1)15-14-10-11-6-4-5-9-13(11)14/h1-3,5,7-9,11,13-14H,4,6,10H2/t11-,13-,14-/m1/s1. The zero-order valence-electron chi connectivity index (χ0n) is 8.80. The molecule has 1 aromatic carbocycles. The molecule has 0 N–H and O–H groups in total. The fourth-order valence-electron chi connectivity index (χ4n) is 2.68. The zero-order valence-corrected chi connectivity index (χ0v) is 8.80. The van der Waals surface area contributed by atoms with Crippen molar-refractivity contribution in [1.29, 1.82) is 0 Å². The Kier molecular flexibility index (Phi) is 2.24. The van der Waals surface area contributed by atoms with Crippen LogP contribution in [0.4, 0.5) is 0 Å². The number of ether oxygens (including phenoxy) is 1. The second-order valence-corrected chi connectivity index (χ2v) is 4.55. The van der Waals surface area contributed by atoms with Crippen molar-refractivity contribution in [2.45, 2.75) is 25.4 Å². The van der Waals surface area contributed by atoms with Crippen LogP contribution in [-0.2, 0) is 0 Å². The van der Waals surface area contributed by atoms with E-state index in [9.17, 15) is 0 Å². The van der Waals surface area contributed by atoms with E-state index < -0.39 is 0 Å². The molecule has 0 bridgehead atoms. The highest BCUT2D eigenvalue weighted by atomic mass is 16.5. The Labute approximate surface area is 90.8 Å². The molecule has 0 aliphatic heterocycles. The van der Waals surface area contributed by atoms with Crippen molar-refractivity contribution in [2.24, 2.45) is 11.8 Å². The highest BCUT2D eigenvalue weighted by Gasteiger charge is 2.41. The lowest BCUT2D eigenvalue weighted by Crippen LogP contribution is -2.45. The molecule has 1 aromatic rings. The highest BCUT2D eigenvalue weighted by Crippen LogP contribution is 2.43. The Morgan fingerprint density at radius 2 is 2.00 bits per heavy atom. The van der Waals surface area contributed by atoms with Gasteiger partial charge in [0, 0.05) is 5.92 Å². The summed E-state index contributed by atoms with van der Waals surface area (Å²) in [5.74, 6) is 2.59. The minimum Gasteiger partial charge on any atom is -0.490 e. The molecule has 0 radical (unpaired) electrons. The van der Waals surface area contributed by atoms with Crippen molar-refractivity contribution in [1.82, 2.24) is 0 Å².